The van der Waals surface area contributed by atoms with E-state index in [2.05, 4.69) is 31.1 Å². The molecular weight excluding hydrogens is 448 g/mol. The normalized spacial score (nSPS) is 10.8. The van der Waals surface area contributed by atoms with E-state index in [1.165, 1.54) is 24.4 Å². The summed E-state index contributed by atoms with van der Waals surface area (Å²) in [6.07, 6.45) is 3.24. The Morgan fingerprint density at radius 3 is 2.66 bits per heavy atom. The molecule has 152 valence electrons. The molecule has 0 saturated heterocycles. The van der Waals surface area contributed by atoms with Gasteiger partial charge in [0.25, 0.3) is 5.91 Å². The van der Waals surface area contributed by atoms with Crippen molar-refractivity contribution in [3.05, 3.63) is 70.5 Å². The molecule has 1 amide bonds. The molecule has 0 aliphatic carbocycles. The number of nitrogens with one attached hydrogen (secondary N) is 1. The van der Waals surface area contributed by atoms with Crippen molar-refractivity contribution < 1.29 is 23.0 Å². The smallest absolute Gasteiger partial charge is 0.387 e. The van der Waals surface area contributed by atoms with Crippen molar-refractivity contribution in [3.63, 3.8) is 0 Å². The number of alkyl halides is 2. The van der Waals surface area contributed by atoms with E-state index in [0.29, 0.717) is 12.2 Å². The molecule has 0 aliphatic heterocycles. The van der Waals surface area contributed by atoms with Crippen LogP contribution in [-0.4, -0.2) is 28.9 Å². The van der Waals surface area contributed by atoms with Crippen molar-refractivity contribution in [2.45, 2.75) is 20.1 Å². The van der Waals surface area contributed by atoms with Gasteiger partial charge in [-0.05, 0) is 42.8 Å². The fraction of sp³-hybridized carbons (Fsp3) is 0.200. The fourth-order valence-electron chi connectivity index (χ4n) is 2.61. The molecule has 0 saturated carbocycles. The second-order valence-corrected chi connectivity index (χ2v) is 6.90. The Balaban J connectivity index is 1.69. The quantitative estimate of drug-likeness (QED) is 0.511. The number of hydrogen-bond acceptors (Lipinski definition) is 4. The van der Waals surface area contributed by atoms with Gasteiger partial charge in [-0.15, -0.1) is 0 Å². The summed E-state index contributed by atoms with van der Waals surface area (Å²) in [5.74, 6) is -0.468. The lowest BCUT2D eigenvalue weighted by Crippen LogP contribution is -2.12. The zero-order chi connectivity index (χ0) is 20.8. The topological polar surface area (TPSA) is 65.4 Å². The van der Waals surface area contributed by atoms with Gasteiger partial charge in [-0.25, -0.2) is 0 Å². The number of hydrogen-bond donors (Lipinski definition) is 1. The van der Waals surface area contributed by atoms with Crippen molar-refractivity contribution in [2.75, 3.05) is 11.9 Å². The molecule has 29 heavy (non-hydrogen) atoms. The molecule has 1 aromatic heterocycles. The van der Waals surface area contributed by atoms with Crippen LogP contribution in [0.3, 0.4) is 0 Å². The number of ether oxygens (including phenoxy) is 2. The number of carbonyl (C=O) groups excluding carboxylic acids is 1. The van der Waals surface area contributed by atoms with Crippen LogP contribution >= 0.6 is 15.9 Å². The van der Waals surface area contributed by atoms with E-state index in [1.807, 2.05) is 24.3 Å². The van der Waals surface area contributed by atoms with Gasteiger partial charge in [0.1, 0.15) is 0 Å². The summed E-state index contributed by atoms with van der Waals surface area (Å²) in [6.45, 7) is -0.478. The molecule has 0 radical (unpaired) electrons. The molecule has 2 aromatic carbocycles. The van der Waals surface area contributed by atoms with Crippen LogP contribution in [0.4, 0.5) is 14.5 Å². The molecular formula is C20H18BrF2N3O3. The molecule has 0 bridgehead atoms. The predicted molar refractivity (Wildman–Crippen MR) is 108 cm³/mol. The summed E-state index contributed by atoms with van der Waals surface area (Å²) < 4.78 is 37.4. The number of anilines is 1. The molecule has 3 rings (SSSR count). The van der Waals surface area contributed by atoms with Crippen LogP contribution in [0.5, 0.6) is 11.5 Å². The van der Waals surface area contributed by atoms with Gasteiger partial charge in [0.05, 0.1) is 25.0 Å². The standard InChI is InChI=1S/C20H18BrF2N3O3/c1-2-28-18-9-14(5-8-17(18)29-20(22)23)19(27)25-16-10-24-26(12-16)11-13-3-6-15(21)7-4-13/h3-10,12,20H,2,11H2,1H3,(H,25,27). The highest BCUT2D eigenvalue weighted by atomic mass is 79.9. The molecule has 0 atom stereocenters. The fourth-order valence-corrected chi connectivity index (χ4v) is 2.87. The Morgan fingerprint density at radius 1 is 1.21 bits per heavy atom. The number of halogens is 3. The van der Waals surface area contributed by atoms with Crippen molar-refractivity contribution in [2.24, 2.45) is 0 Å². The first-order valence-corrected chi connectivity index (χ1v) is 9.54. The third-order valence-electron chi connectivity index (χ3n) is 3.87. The lowest BCUT2D eigenvalue weighted by atomic mass is 10.2. The van der Waals surface area contributed by atoms with Crippen LogP contribution in [-0.2, 0) is 6.54 Å². The number of nitrogens with zero attached hydrogens (tertiary/aromatic N) is 2. The first-order valence-electron chi connectivity index (χ1n) is 8.74. The number of benzene rings is 2. The Bertz CT molecular complexity index is 977. The van der Waals surface area contributed by atoms with Crippen LogP contribution in [0.2, 0.25) is 0 Å². The number of carbonyl (C=O) groups is 1. The Kier molecular flexibility index (Phi) is 6.82. The van der Waals surface area contributed by atoms with E-state index in [0.717, 1.165) is 10.0 Å². The summed E-state index contributed by atoms with van der Waals surface area (Å²) in [4.78, 5) is 12.5. The second-order valence-electron chi connectivity index (χ2n) is 5.98. The summed E-state index contributed by atoms with van der Waals surface area (Å²) in [5, 5.41) is 6.97. The number of amides is 1. The average Bonchev–Trinajstić information content (AvgIpc) is 3.11. The maximum Gasteiger partial charge on any atom is 0.387 e. The molecule has 9 heteroatoms. The third-order valence-corrected chi connectivity index (χ3v) is 4.40. The first-order chi connectivity index (χ1) is 13.9. The number of aromatic nitrogens is 2. The van der Waals surface area contributed by atoms with Gasteiger partial charge in [-0.2, -0.15) is 13.9 Å². The second kappa shape index (κ2) is 9.51. The van der Waals surface area contributed by atoms with E-state index < -0.39 is 12.5 Å². The highest BCUT2D eigenvalue weighted by Gasteiger charge is 2.15. The van der Waals surface area contributed by atoms with Crippen molar-refractivity contribution in [3.8, 4) is 11.5 Å². The molecule has 0 unspecified atom stereocenters. The predicted octanol–water partition coefficient (Wildman–Crippen LogP) is 4.95. The highest BCUT2D eigenvalue weighted by molar-refractivity contribution is 9.10. The molecule has 1 N–H and O–H groups in total. The van der Waals surface area contributed by atoms with E-state index in [4.69, 9.17) is 4.74 Å². The van der Waals surface area contributed by atoms with Crippen LogP contribution in [0.25, 0.3) is 0 Å². The minimum absolute atomic E-state index is 0.0754. The van der Waals surface area contributed by atoms with E-state index in [1.54, 1.807) is 17.8 Å². The maximum absolute atomic E-state index is 12.5. The van der Waals surface area contributed by atoms with Crippen molar-refractivity contribution in [1.29, 1.82) is 0 Å². The summed E-state index contributed by atoms with van der Waals surface area (Å²) in [5.41, 5.74) is 1.82. The molecule has 6 nitrogen and oxygen atoms in total. The number of rotatable bonds is 8. The van der Waals surface area contributed by atoms with Crippen LogP contribution in [0, 0.1) is 0 Å². The van der Waals surface area contributed by atoms with Crippen LogP contribution in [0.1, 0.15) is 22.8 Å². The maximum atomic E-state index is 12.5. The monoisotopic (exact) mass is 465 g/mol. The highest BCUT2D eigenvalue weighted by Crippen LogP contribution is 2.30. The lowest BCUT2D eigenvalue weighted by molar-refractivity contribution is -0.0514. The summed E-state index contributed by atoms with van der Waals surface area (Å²) in [6, 6.07) is 11.9. The molecule has 1 heterocycles. The zero-order valence-corrected chi connectivity index (χ0v) is 17.0. The van der Waals surface area contributed by atoms with Gasteiger partial charge in [0.15, 0.2) is 11.5 Å². The minimum Gasteiger partial charge on any atom is -0.490 e. The van der Waals surface area contributed by atoms with Gasteiger partial charge in [-0.1, -0.05) is 28.1 Å². The third kappa shape index (κ3) is 5.77. The van der Waals surface area contributed by atoms with Crippen LogP contribution < -0.4 is 14.8 Å². The Morgan fingerprint density at radius 2 is 1.97 bits per heavy atom. The molecule has 0 aliphatic rings. The van der Waals surface area contributed by atoms with Gasteiger partial charge in [-0.3, -0.25) is 9.48 Å². The molecule has 0 spiro atoms. The molecule has 0 fully saturated rings. The van der Waals surface area contributed by atoms with Crippen LogP contribution in [0.15, 0.2) is 59.3 Å². The minimum atomic E-state index is -2.98. The first kappa shape index (κ1) is 20.8. The van der Waals surface area contributed by atoms with Gasteiger partial charge < -0.3 is 14.8 Å². The van der Waals surface area contributed by atoms with Gasteiger partial charge >= 0.3 is 6.61 Å². The van der Waals surface area contributed by atoms with E-state index in [9.17, 15) is 13.6 Å². The average molecular weight is 466 g/mol. The lowest BCUT2D eigenvalue weighted by Gasteiger charge is -2.12. The Labute approximate surface area is 174 Å². The Hall–Kier alpha value is -2.94. The van der Waals surface area contributed by atoms with E-state index in [-0.39, 0.29) is 23.7 Å². The summed E-state index contributed by atoms with van der Waals surface area (Å²) in [7, 11) is 0. The van der Waals surface area contributed by atoms with Gasteiger partial charge in [0.2, 0.25) is 0 Å². The van der Waals surface area contributed by atoms with Crippen molar-refractivity contribution >= 4 is 27.5 Å². The van der Waals surface area contributed by atoms with Gasteiger partial charge in [0, 0.05) is 16.2 Å². The SMILES string of the molecule is CCOc1cc(C(=O)Nc2cnn(Cc3ccc(Br)cc3)c2)ccc1OC(F)F. The summed E-state index contributed by atoms with van der Waals surface area (Å²) >= 11 is 3.39. The largest absolute Gasteiger partial charge is 0.490 e. The molecule has 3 aromatic rings. The zero-order valence-electron chi connectivity index (χ0n) is 15.4. The van der Waals surface area contributed by atoms with E-state index >= 15 is 0 Å². The van der Waals surface area contributed by atoms with Crippen molar-refractivity contribution in [1.82, 2.24) is 9.78 Å².